The molecule has 6 heteroatoms. The van der Waals surface area contributed by atoms with Crippen LogP contribution in [0.1, 0.15) is 36.4 Å². The lowest BCUT2D eigenvalue weighted by Gasteiger charge is -2.39. The van der Waals surface area contributed by atoms with Gasteiger partial charge in [0.15, 0.2) is 0 Å². The molecule has 1 aliphatic heterocycles. The second kappa shape index (κ2) is 6.89. The van der Waals surface area contributed by atoms with Gasteiger partial charge in [0.2, 0.25) is 11.8 Å². The van der Waals surface area contributed by atoms with E-state index >= 15 is 0 Å². The van der Waals surface area contributed by atoms with E-state index in [2.05, 4.69) is 5.32 Å². The zero-order valence-electron chi connectivity index (χ0n) is 13.9. The number of halogens is 1. The Morgan fingerprint density at radius 3 is 2.79 bits per heavy atom. The second-order valence-electron chi connectivity index (χ2n) is 6.92. The third-order valence-corrected chi connectivity index (χ3v) is 5.19. The summed E-state index contributed by atoms with van der Waals surface area (Å²) in [6.45, 7) is 3.38. The average molecular weight is 333 g/mol. The summed E-state index contributed by atoms with van der Waals surface area (Å²) in [5, 5.41) is 2.81. The van der Waals surface area contributed by atoms with Crippen LogP contribution in [0.15, 0.2) is 18.2 Å². The molecule has 1 aliphatic carbocycles. The Labute approximate surface area is 141 Å². The van der Waals surface area contributed by atoms with Gasteiger partial charge in [-0.2, -0.15) is 0 Å². The molecule has 0 spiro atoms. The van der Waals surface area contributed by atoms with Gasteiger partial charge >= 0.3 is 0 Å². The van der Waals surface area contributed by atoms with Crippen molar-refractivity contribution in [3.8, 4) is 0 Å². The molecule has 1 aromatic carbocycles. The summed E-state index contributed by atoms with van der Waals surface area (Å²) in [6, 6.07) is 3.67. The van der Waals surface area contributed by atoms with E-state index in [9.17, 15) is 14.0 Å². The summed E-state index contributed by atoms with van der Waals surface area (Å²) >= 11 is 0. The number of carbonyl (C=O) groups is 2. The molecule has 130 valence electrons. The van der Waals surface area contributed by atoms with Crippen molar-refractivity contribution in [2.45, 2.75) is 32.2 Å². The predicted octanol–water partition coefficient (Wildman–Crippen LogP) is 1.51. The number of nitrogens with zero attached hydrogens (tertiary/aromatic N) is 1. The van der Waals surface area contributed by atoms with E-state index in [0.29, 0.717) is 49.0 Å². The molecule has 1 unspecified atom stereocenters. The van der Waals surface area contributed by atoms with E-state index in [1.165, 1.54) is 12.1 Å². The number of rotatable bonds is 4. The van der Waals surface area contributed by atoms with E-state index in [4.69, 9.17) is 5.73 Å². The molecule has 0 aromatic heterocycles. The number of aryl methyl sites for hydroxylation is 1. The van der Waals surface area contributed by atoms with Gasteiger partial charge in [-0.25, -0.2) is 4.39 Å². The lowest BCUT2D eigenvalue weighted by Crippen LogP contribution is -2.53. The SMILES string of the molecule is Cc1cc(F)ccc1C1C(=O)NCCN1C(=O)CC1CC(CN)C1. The molecule has 2 aliphatic rings. The molecule has 2 fully saturated rings. The number of nitrogens with two attached hydrogens (primary N) is 1. The van der Waals surface area contributed by atoms with Crippen molar-refractivity contribution in [1.82, 2.24) is 10.2 Å². The minimum atomic E-state index is -0.669. The first-order valence-electron chi connectivity index (χ1n) is 8.53. The van der Waals surface area contributed by atoms with Gasteiger partial charge in [0.05, 0.1) is 0 Å². The minimum absolute atomic E-state index is 0.000883. The van der Waals surface area contributed by atoms with Crippen molar-refractivity contribution in [3.63, 3.8) is 0 Å². The highest BCUT2D eigenvalue weighted by atomic mass is 19.1. The second-order valence-corrected chi connectivity index (χ2v) is 6.92. The van der Waals surface area contributed by atoms with Crippen LogP contribution in [0.2, 0.25) is 0 Å². The standard InChI is InChI=1S/C18H24FN3O2/c1-11-6-14(19)2-3-15(11)17-18(24)21-4-5-22(17)16(23)9-12-7-13(8-12)10-20/h2-3,6,12-13,17H,4-5,7-10,20H2,1H3,(H,21,24). The van der Waals surface area contributed by atoms with E-state index < -0.39 is 6.04 Å². The first kappa shape index (κ1) is 16.9. The maximum absolute atomic E-state index is 13.4. The number of amides is 2. The van der Waals surface area contributed by atoms with Crippen molar-refractivity contribution < 1.29 is 14.0 Å². The smallest absolute Gasteiger partial charge is 0.247 e. The Kier molecular flexibility index (Phi) is 4.85. The highest BCUT2D eigenvalue weighted by Gasteiger charge is 2.37. The van der Waals surface area contributed by atoms with Crippen LogP contribution < -0.4 is 11.1 Å². The maximum Gasteiger partial charge on any atom is 0.247 e. The van der Waals surface area contributed by atoms with Gasteiger partial charge in [-0.1, -0.05) is 6.07 Å². The summed E-state index contributed by atoms with van der Waals surface area (Å²) < 4.78 is 13.4. The first-order valence-corrected chi connectivity index (χ1v) is 8.53. The van der Waals surface area contributed by atoms with Gasteiger partial charge < -0.3 is 16.0 Å². The van der Waals surface area contributed by atoms with Gasteiger partial charge in [-0.15, -0.1) is 0 Å². The van der Waals surface area contributed by atoms with Crippen molar-refractivity contribution in [1.29, 1.82) is 0 Å². The van der Waals surface area contributed by atoms with Gasteiger partial charge in [-0.3, -0.25) is 9.59 Å². The van der Waals surface area contributed by atoms with Gasteiger partial charge in [-0.05, 0) is 61.4 Å². The van der Waals surface area contributed by atoms with Crippen LogP contribution >= 0.6 is 0 Å². The van der Waals surface area contributed by atoms with E-state index in [0.717, 1.165) is 12.8 Å². The number of nitrogens with one attached hydrogen (secondary N) is 1. The number of hydrogen-bond donors (Lipinski definition) is 2. The van der Waals surface area contributed by atoms with E-state index in [1.54, 1.807) is 17.9 Å². The Bertz CT molecular complexity index is 643. The fourth-order valence-corrected chi connectivity index (χ4v) is 3.79. The zero-order valence-corrected chi connectivity index (χ0v) is 13.9. The molecule has 0 bridgehead atoms. The number of carbonyl (C=O) groups excluding carboxylic acids is 2. The van der Waals surface area contributed by atoms with Crippen LogP contribution in [-0.2, 0) is 9.59 Å². The molecule has 3 N–H and O–H groups in total. The molecule has 3 rings (SSSR count). The van der Waals surface area contributed by atoms with Gasteiger partial charge in [0, 0.05) is 19.5 Å². The van der Waals surface area contributed by atoms with E-state index in [1.807, 2.05) is 0 Å². The molecule has 1 aromatic rings. The summed E-state index contributed by atoms with van der Waals surface area (Å²) in [4.78, 5) is 26.8. The highest BCUT2D eigenvalue weighted by Crippen LogP contribution is 2.37. The number of piperazine rings is 1. The van der Waals surface area contributed by atoms with Gasteiger partial charge in [0.25, 0.3) is 0 Å². The molecule has 1 saturated carbocycles. The molecule has 1 atom stereocenters. The van der Waals surface area contributed by atoms with Gasteiger partial charge in [0.1, 0.15) is 11.9 Å². The van der Waals surface area contributed by atoms with Crippen LogP contribution in [-0.4, -0.2) is 36.3 Å². The third kappa shape index (κ3) is 3.29. The monoisotopic (exact) mass is 333 g/mol. The topological polar surface area (TPSA) is 75.4 Å². The summed E-state index contributed by atoms with van der Waals surface area (Å²) in [5.74, 6) is 0.359. The largest absolute Gasteiger partial charge is 0.352 e. The van der Waals surface area contributed by atoms with Crippen molar-refractivity contribution >= 4 is 11.8 Å². The summed E-state index contributed by atoms with van der Waals surface area (Å²) in [7, 11) is 0. The number of hydrogen-bond acceptors (Lipinski definition) is 3. The highest BCUT2D eigenvalue weighted by molar-refractivity contribution is 5.90. The van der Waals surface area contributed by atoms with Crippen LogP contribution in [0.4, 0.5) is 4.39 Å². The minimum Gasteiger partial charge on any atom is -0.352 e. The van der Waals surface area contributed by atoms with Crippen molar-refractivity contribution in [2.24, 2.45) is 17.6 Å². The zero-order chi connectivity index (χ0) is 17.3. The molecule has 24 heavy (non-hydrogen) atoms. The van der Waals surface area contributed by atoms with Crippen LogP contribution in [0.25, 0.3) is 0 Å². The normalized spacial score (nSPS) is 26.7. The fraction of sp³-hybridized carbons (Fsp3) is 0.556. The average Bonchev–Trinajstić information content (AvgIpc) is 2.50. The van der Waals surface area contributed by atoms with Crippen LogP contribution in [0, 0.1) is 24.6 Å². The Hall–Kier alpha value is -1.95. The molecule has 5 nitrogen and oxygen atoms in total. The number of benzene rings is 1. The molecule has 2 amide bonds. The van der Waals surface area contributed by atoms with Crippen LogP contribution in [0.5, 0.6) is 0 Å². The molecule has 1 heterocycles. The van der Waals surface area contributed by atoms with Crippen LogP contribution in [0.3, 0.4) is 0 Å². The third-order valence-electron chi connectivity index (χ3n) is 5.19. The predicted molar refractivity (Wildman–Crippen MR) is 88.5 cm³/mol. The fourth-order valence-electron chi connectivity index (χ4n) is 3.79. The Balaban J connectivity index is 1.77. The maximum atomic E-state index is 13.4. The molecular weight excluding hydrogens is 309 g/mol. The lowest BCUT2D eigenvalue weighted by atomic mass is 9.73. The first-order chi connectivity index (χ1) is 11.5. The molecule has 1 saturated heterocycles. The lowest BCUT2D eigenvalue weighted by molar-refractivity contribution is -0.145. The Morgan fingerprint density at radius 1 is 1.38 bits per heavy atom. The van der Waals surface area contributed by atoms with E-state index in [-0.39, 0.29) is 17.6 Å². The van der Waals surface area contributed by atoms with Crippen molar-refractivity contribution in [2.75, 3.05) is 19.6 Å². The Morgan fingerprint density at radius 2 is 2.12 bits per heavy atom. The van der Waals surface area contributed by atoms with Crippen molar-refractivity contribution in [3.05, 3.63) is 35.1 Å². The quantitative estimate of drug-likeness (QED) is 0.877. The molecule has 0 radical (unpaired) electrons. The summed E-state index contributed by atoms with van der Waals surface area (Å²) in [6.07, 6.45) is 2.44. The molecular formula is C18H24FN3O2. The summed E-state index contributed by atoms with van der Waals surface area (Å²) in [5.41, 5.74) is 7.01.